The van der Waals surface area contributed by atoms with Gasteiger partial charge in [-0.25, -0.2) is 4.39 Å². The third-order valence-corrected chi connectivity index (χ3v) is 4.82. The first-order chi connectivity index (χ1) is 14.5. The van der Waals surface area contributed by atoms with Crippen molar-refractivity contribution in [1.29, 1.82) is 0 Å². The van der Waals surface area contributed by atoms with Gasteiger partial charge in [-0.1, -0.05) is 12.1 Å². The van der Waals surface area contributed by atoms with Gasteiger partial charge in [-0.05, 0) is 54.3 Å². The molecule has 0 unspecified atom stereocenters. The molecule has 0 aliphatic rings. The number of benzene rings is 2. The van der Waals surface area contributed by atoms with E-state index in [0.29, 0.717) is 35.5 Å². The fourth-order valence-electron chi connectivity index (χ4n) is 2.68. The second-order valence-corrected chi connectivity index (χ2v) is 7.24. The Morgan fingerprint density at radius 2 is 1.63 bits per heavy atom. The second-order valence-electron chi connectivity index (χ2n) is 6.46. The minimum atomic E-state index is -0.444. The highest BCUT2D eigenvalue weighted by Crippen LogP contribution is 2.15. The SMILES string of the molecule is O=C(CCCNC(=O)c1ccsc1)Nc1cccc(C(=O)Nc2cccc(F)c2)c1. The molecule has 3 N–H and O–H groups in total. The minimum absolute atomic E-state index is 0.159. The number of halogens is 1. The molecule has 8 heteroatoms. The second kappa shape index (κ2) is 10.3. The van der Waals surface area contributed by atoms with Gasteiger partial charge in [-0.3, -0.25) is 14.4 Å². The highest BCUT2D eigenvalue weighted by atomic mass is 32.1. The van der Waals surface area contributed by atoms with E-state index < -0.39 is 11.7 Å². The molecule has 0 bridgehead atoms. The maximum absolute atomic E-state index is 13.2. The van der Waals surface area contributed by atoms with Gasteiger partial charge < -0.3 is 16.0 Å². The lowest BCUT2D eigenvalue weighted by atomic mass is 10.1. The standard InChI is InChI=1S/C22H20FN3O3S/c23-17-5-2-7-19(13-17)26-22(29)15-4-1-6-18(12-15)25-20(27)8-3-10-24-21(28)16-9-11-30-14-16/h1-2,4-7,9,11-14H,3,8,10H2,(H,24,28)(H,25,27)(H,26,29). The monoisotopic (exact) mass is 425 g/mol. The molecule has 0 radical (unpaired) electrons. The summed E-state index contributed by atoms with van der Waals surface area (Å²) in [6.45, 7) is 0.387. The third kappa shape index (κ3) is 6.25. The Bertz CT molecular complexity index is 1040. The Morgan fingerprint density at radius 3 is 2.37 bits per heavy atom. The molecule has 154 valence electrons. The fraction of sp³-hybridized carbons (Fsp3) is 0.136. The summed E-state index contributed by atoms with van der Waals surface area (Å²) < 4.78 is 13.2. The van der Waals surface area contributed by atoms with Gasteiger partial charge in [0.05, 0.1) is 0 Å². The van der Waals surface area contributed by atoms with E-state index in [-0.39, 0.29) is 18.2 Å². The molecule has 6 nitrogen and oxygen atoms in total. The third-order valence-electron chi connectivity index (χ3n) is 4.14. The van der Waals surface area contributed by atoms with Crippen LogP contribution in [0.1, 0.15) is 33.6 Å². The molecular formula is C22H20FN3O3S. The molecule has 30 heavy (non-hydrogen) atoms. The van der Waals surface area contributed by atoms with Crippen LogP contribution in [-0.2, 0) is 4.79 Å². The van der Waals surface area contributed by atoms with Crippen LogP contribution >= 0.6 is 11.3 Å². The van der Waals surface area contributed by atoms with Crippen LogP contribution in [0.2, 0.25) is 0 Å². The number of nitrogens with one attached hydrogen (secondary N) is 3. The van der Waals surface area contributed by atoms with Gasteiger partial charge in [0.15, 0.2) is 0 Å². The molecule has 0 aliphatic heterocycles. The zero-order valence-electron chi connectivity index (χ0n) is 16.0. The van der Waals surface area contributed by atoms with Gasteiger partial charge in [0.2, 0.25) is 5.91 Å². The number of carbonyl (C=O) groups excluding carboxylic acids is 3. The van der Waals surface area contributed by atoms with Crippen molar-refractivity contribution in [3.05, 3.63) is 82.3 Å². The summed E-state index contributed by atoms with van der Waals surface area (Å²) in [5, 5.41) is 11.7. The molecule has 3 amide bonds. The predicted molar refractivity (Wildman–Crippen MR) is 115 cm³/mol. The molecule has 3 rings (SSSR count). The summed E-state index contributed by atoms with van der Waals surface area (Å²) >= 11 is 1.45. The van der Waals surface area contributed by atoms with Crippen LogP contribution in [0.4, 0.5) is 15.8 Å². The Labute approximate surface area is 177 Å². The molecule has 0 aliphatic carbocycles. The Kier molecular flexibility index (Phi) is 7.29. The van der Waals surface area contributed by atoms with Gasteiger partial charge in [0.25, 0.3) is 11.8 Å². The van der Waals surface area contributed by atoms with Crippen LogP contribution in [-0.4, -0.2) is 24.3 Å². The van der Waals surface area contributed by atoms with Crippen molar-refractivity contribution in [3.8, 4) is 0 Å². The first-order valence-electron chi connectivity index (χ1n) is 9.28. The van der Waals surface area contributed by atoms with Gasteiger partial charge in [0.1, 0.15) is 5.82 Å². The molecule has 0 saturated heterocycles. The van der Waals surface area contributed by atoms with Crippen molar-refractivity contribution in [2.24, 2.45) is 0 Å². The van der Waals surface area contributed by atoms with E-state index in [2.05, 4.69) is 16.0 Å². The van der Waals surface area contributed by atoms with Crippen molar-refractivity contribution in [1.82, 2.24) is 5.32 Å². The van der Waals surface area contributed by atoms with E-state index in [9.17, 15) is 18.8 Å². The summed E-state index contributed by atoms with van der Waals surface area (Å²) in [5.74, 6) is -1.23. The quantitative estimate of drug-likeness (QED) is 0.471. The number of anilines is 2. The van der Waals surface area contributed by atoms with Gasteiger partial charge in [-0.2, -0.15) is 11.3 Å². The first kappa shape index (κ1) is 21.2. The van der Waals surface area contributed by atoms with Crippen molar-refractivity contribution in [3.63, 3.8) is 0 Å². The number of hydrogen-bond acceptors (Lipinski definition) is 4. The maximum atomic E-state index is 13.2. The molecule has 0 spiro atoms. The van der Waals surface area contributed by atoms with Crippen molar-refractivity contribution in [2.75, 3.05) is 17.2 Å². The van der Waals surface area contributed by atoms with Gasteiger partial charge in [0, 0.05) is 40.8 Å². The van der Waals surface area contributed by atoms with Crippen LogP contribution < -0.4 is 16.0 Å². The molecule has 1 aromatic heterocycles. The molecule has 0 fully saturated rings. The van der Waals surface area contributed by atoms with Gasteiger partial charge >= 0.3 is 0 Å². The van der Waals surface area contributed by atoms with Crippen LogP contribution in [0.5, 0.6) is 0 Å². The summed E-state index contributed by atoms with van der Waals surface area (Å²) in [7, 11) is 0. The lowest BCUT2D eigenvalue weighted by Crippen LogP contribution is -2.25. The first-order valence-corrected chi connectivity index (χ1v) is 10.2. The average molecular weight is 425 g/mol. The minimum Gasteiger partial charge on any atom is -0.352 e. The molecule has 0 atom stereocenters. The van der Waals surface area contributed by atoms with E-state index in [0.717, 1.165) is 0 Å². The number of hydrogen-bond donors (Lipinski definition) is 3. The van der Waals surface area contributed by atoms with E-state index in [4.69, 9.17) is 0 Å². The zero-order chi connectivity index (χ0) is 21.3. The number of carbonyl (C=O) groups is 3. The number of amides is 3. The number of thiophene rings is 1. The Morgan fingerprint density at radius 1 is 0.867 bits per heavy atom. The summed E-state index contributed by atoms with van der Waals surface area (Å²) in [6, 6.07) is 13.8. The van der Waals surface area contributed by atoms with Crippen LogP contribution in [0.3, 0.4) is 0 Å². The molecule has 0 saturated carbocycles. The van der Waals surface area contributed by atoms with Gasteiger partial charge in [-0.15, -0.1) is 0 Å². The Hall–Kier alpha value is -3.52. The fourth-order valence-corrected chi connectivity index (χ4v) is 3.31. The molecule has 3 aromatic rings. The van der Waals surface area contributed by atoms with Crippen LogP contribution in [0.25, 0.3) is 0 Å². The van der Waals surface area contributed by atoms with Crippen LogP contribution in [0, 0.1) is 5.82 Å². The van der Waals surface area contributed by atoms with Crippen molar-refractivity contribution in [2.45, 2.75) is 12.8 Å². The zero-order valence-corrected chi connectivity index (χ0v) is 16.8. The largest absolute Gasteiger partial charge is 0.352 e. The lowest BCUT2D eigenvalue weighted by Gasteiger charge is -2.09. The molecule has 1 heterocycles. The van der Waals surface area contributed by atoms with E-state index in [1.165, 1.54) is 29.5 Å². The predicted octanol–water partition coefficient (Wildman–Crippen LogP) is 4.29. The maximum Gasteiger partial charge on any atom is 0.255 e. The average Bonchev–Trinajstić information content (AvgIpc) is 3.26. The smallest absolute Gasteiger partial charge is 0.255 e. The summed E-state index contributed by atoms with van der Waals surface area (Å²) in [6.07, 6.45) is 0.713. The lowest BCUT2D eigenvalue weighted by molar-refractivity contribution is -0.116. The highest BCUT2D eigenvalue weighted by molar-refractivity contribution is 7.08. The van der Waals surface area contributed by atoms with E-state index in [1.54, 1.807) is 41.8 Å². The number of rotatable bonds is 8. The summed E-state index contributed by atoms with van der Waals surface area (Å²) in [4.78, 5) is 36.3. The van der Waals surface area contributed by atoms with E-state index in [1.807, 2.05) is 5.38 Å². The van der Waals surface area contributed by atoms with Crippen molar-refractivity contribution < 1.29 is 18.8 Å². The molecule has 2 aromatic carbocycles. The molecular weight excluding hydrogens is 405 g/mol. The van der Waals surface area contributed by atoms with E-state index >= 15 is 0 Å². The normalized spacial score (nSPS) is 10.3. The topological polar surface area (TPSA) is 87.3 Å². The summed E-state index contributed by atoms with van der Waals surface area (Å²) in [5.41, 5.74) is 1.77. The van der Waals surface area contributed by atoms with Crippen LogP contribution in [0.15, 0.2) is 65.4 Å². The Balaban J connectivity index is 1.46. The highest BCUT2D eigenvalue weighted by Gasteiger charge is 2.10. The van der Waals surface area contributed by atoms with Crippen molar-refractivity contribution >= 4 is 40.4 Å².